The minimum atomic E-state index is -3.67. The van der Waals surface area contributed by atoms with Crippen molar-refractivity contribution in [2.45, 2.75) is 38.5 Å². The number of likely N-dealkylation sites (tertiary alicyclic amines) is 1. The quantitative estimate of drug-likeness (QED) is 0.532. The van der Waals surface area contributed by atoms with E-state index < -0.39 is 34.0 Å². The van der Waals surface area contributed by atoms with Gasteiger partial charge in [-0.25, -0.2) is 0 Å². The number of carbonyl (C=O) groups excluding carboxylic acids is 2. The Labute approximate surface area is 130 Å². The van der Waals surface area contributed by atoms with Gasteiger partial charge in [0, 0.05) is 12.0 Å². The van der Waals surface area contributed by atoms with Gasteiger partial charge in [0.05, 0.1) is 31.2 Å². The van der Waals surface area contributed by atoms with Gasteiger partial charge in [-0.15, -0.1) is 0 Å². The number of fused-ring (bicyclic) bond motifs is 1. The van der Waals surface area contributed by atoms with Crippen LogP contribution in [0.5, 0.6) is 0 Å². The Morgan fingerprint density at radius 3 is 2.45 bits per heavy atom. The Hall–Kier alpha value is -1.15. The largest absolute Gasteiger partial charge is 0.469 e. The Kier molecular flexibility index (Phi) is 3.52. The summed E-state index contributed by atoms with van der Waals surface area (Å²) in [5.41, 5.74) is 0. The topological polar surface area (TPSA) is 90.0 Å². The van der Waals surface area contributed by atoms with Crippen molar-refractivity contribution in [1.29, 1.82) is 0 Å². The van der Waals surface area contributed by atoms with Gasteiger partial charge in [0.15, 0.2) is 0 Å². The molecule has 3 aliphatic rings. The summed E-state index contributed by atoms with van der Waals surface area (Å²) in [7, 11) is -2.38. The van der Waals surface area contributed by atoms with Crippen LogP contribution < -0.4 is 0 Å². The molecule has 3 fully saturated rings. The fourth-order valence-electron chi connectivity index (χ4n) is 4.73. The van der Waals surface area contributed by atoms with Gasteiger partial charge >= 0.3 is 5.97 Å². The molecule has 2 bridgehead atoms. The molecule has 1 heterocycles. The summed E-state index contributed by atoms with van der Waals surface area (Å²) in [6, 6.07) is -0.330. The highest BCUT2D eigenvalue weighted by Crippen LogP contribution is 2.60. The van der Waals surface area contributed by atoms with Crippen LogP contribution in [-0.4, -0.2) is 56.7 Å². The average molecular weight is 331 g/mol. The molecule has 1 amide bonds. The zero-order valence-corrected chi connectivity index (χ0v) is 13.9. The number of hydrogen-bond donors (Lipinski definition) is 0. The molecule has 3 rings (SSSR count). The van der Waals surface area contributed by atoms with Crippen LogP contribution in [0.15, 0.2) is 0 Å². The normalized spacial score (nSPS) is 39.9. The fourth-order valence-corrected chi connectivity index (χ4v) is 5.39. The molecule has 0 N–H and O–H groups in total. The molecule has 22 heavy (non-hydrogen) atoms. The van der Waals surface area contributed by atoms with E-state index in [1.165, 1.54) is 7.11 Å². The first-order valence-corrected chi connectivity index (χ1v) is 9.27. The van der Waals surface area contributed by atoms with Crippen LogP contribution in [0.2, 0.25) is 0 Å². The van der Waals surface area contributed by atoms with E-state index >= 15 is 0 Å². The second-order valence-electron chi connectivity index (χ2n) is 6.73. The number of methoxy groups -OCH3 is 1. The third-order valence-corrected chi connectivity index (χ3v) is 5.80. The van der Waals surface area contributed by atoms with E-state index in [2.05, 4.69) is 0 Å². The van der Waals surface area contributed by atoms with Crippen LogP contribution in [0.1, 0.15) is 20.3 Å². The first-order valence-electron chi connectivity index (χ1n) is 7.45. The van der Waals surface area contributed by atoms with Crippen molar-refractivity contribution in [3.63, 3.8) is 0 Å². The molecule has 1 aliphatic heterocycles. The van der Waals surface area contributed by atoms with E-state index in [9.17, 15) is 18.0 Å². The minimum Gasteiger partial charge on any atom is -0.469 e. The molecule has 1 saturated heterocycles. The number of nitrogens with zero attached hydrogens (tertiary/aromatic N) is 1. The van der Waals surface area contributed by atoms with Gasteiger partial charge in [-0.2, -0.15) is 8.42 Å². The minimum absolute atomic E-state index is 0.0317. The molecule has 0 aromatic rings. The summed E-state index contributed by atoms with van der Waals surface area (Å²) in [4.78, 5) is 26.6. The van der Waals surface area contributed by atoms with Crippen LogP contribution in [0.25, 0.3) is 0 Å². The number of esters is 1. The number of rotatable bonds is 4. The SMILES string of the molecule is COC(=O)C1C2CC3C1C(=O)N(C(C)C)C3C2OS(C)(=O)=O. The van der Waals surface area contributed by atoms with Gasteiger partial charge in [0.1, 0.15) is 6.10 Å². The standard InChI is InChI=1S/C14H21NO6S/c1-6(2)15-11-7-5-8(12(11)21-22(4,18)19)10(14(17)20-3)9(7)13(15)16/h6-12H,5H2,1-4H3. The lowest BCUT2D eigenvalue weighted by molar-refractivity contribution is -0.152. The second kappa shape index (κ2) is 4.92. The molecule has 0 radical (unpaired) electrons. The van der Waals surface area contributed by atoms with Gasteiger partial charge in [-0.3, -0.25) is 13.8 Å². The lowest BCUT2D eigenvalue weighted by atomic mass is 9.78. The molecule has 6 atom stereocenters. The Balaban J connectivity index is 2.03. The molecular formula is C14H21NO6S. The lowest BCUT2D eigenvalue weighted by Gasteiger charge is -2.34. The van der Waals surface area contributed by atoms with Crippen LogP contribution >= 0.6 is 0 Å². The zero-order chi connectivity index (χ0) is 16.4. The number of hydrogen-bond acceptors (Lipinski definition) is 6. The number of carbonyl (C=O) groups is 2. The summed E-state index contributed by atoms with van der Waals surface area (Å²) >= 11 is 0. The second-order valence-corrected chi connectivity index (χ2v) is 8.33. The van der Waals surface area contributed by atoms with Crippen molar-refractivity contribution in [3.05, 3.63) is 0 Å². The van der Waals surface area contributed by atoms with Gasteiger partial charge in [-0.1, -0.05) is 0 Å². The van der Waals surface area contributed by atoms with Crippen LogP contribution in [0.4, 0.5) is 0 Å². The molecule has 2 saturated carbocycles. The van der Waals surface area contributed by atoms with Crippen molar-refractivity contribution < 1.29 is 26.9 Å². The van der Waals surface area contributed by atoms with Crippen molar-refractivity contribution in [2.24, 2.45) is 23.7 Å². The van der Waals surface area contributed by atoms with Crippen LogP contribution in [0.3, 0.4) is 0 Å². The average Bonchev–Trinajstić information content (AvgIpc) is 2.98. The lowest BCUT2D eigenvalue weighted by Crippen LogP contribution is -2.48. The van der Waals surface area contributed by atoms with Gasteiger partial charge in [0.25, 0.3) is 10.1 Å². The molecule has 2 aliphatic carbocycles. The van der Waals surface area contributed by atoms with E-state index in [1.807, 2.05) is 13.8 Å². The van der Waals surface area contributed by atoms with Crippen molar-refractivity contribution in [2.75, 3.05) is 13.4 Å². The highest BCUT2D eigenvalue weighted by atomic mass is 32.2. The summed E-state index contributed by atoms with van der Waals surface area (Å²) in [5.74, 6) is -1.84. The van der Waals surface area contributed by atoms with E-state index in [0.29, 0.717) is 6.42 Å². The molecule has 0 aromatic carbocycles. The summed E-state index contributed by atoms with van der Waals surface area (Å²) < 4.78 is 33.3. The van der Waals surface area contributed by atoms with Crippen molar-refractivity contribution in [3.8, 4) is 0 Å². The highest BCUT2D eigenvalue weighted by molar-refractivity contribution is 7.86. The molecule has 124 valence electrons. The molecular weight excluding hydrogens is 310 g/mol. The van der Waals surface area contributed by atoms with E-state index in [-0.39, 0.29) is 29.8 Å². The molecule has 0 aromatic heterocycles. The van der Waals surface area contributed by atoms with Gasteiger partial charge in [0.2, 0.25) is 5.91 Å². The van der Waals surface area contributed by atoms with Crippen LogP contribution in [0, 0.1) is 23.7 Å². The van der Waals surface area contributed by atoms with Crippen molar-refractivity contribution >= 4 is 22.0 Å². The number of ether oxygens (including phenoxy) is 1. The summed E-state index contributed by atoms with van der Waals surface area (Å²) in [6.07, 6.45) is 0.971. The van der Waals surface area contributed by atoms with E-state index in [0.717, 1.165) is 6.26 Å². The predicted molar refractivity (Wildman–Crippen MR) is 76.1 cm³/mol. The maximum absolute atomic E-state index is 12.7. The Bertz CT molecular complexity index is 615. The molecule has 8 heteroatoms. The molecule has 0 spiro atoms. The third kappa shape index (κ3) is 2.07. The van der Waals surface area contributed by atoms with Crippen LogP contribution in [-0.2, 0) is 28.6 Å². The highest BCUT2D eigenvalue weighted by Gasteiger charge is 2.70. The summed E-state index contributed by atoms with van der Waals surface area (Å²) in [5, 5.41) is 0. The van der Waals surface area contributed by atoms with E-state index in [4.69, 9.17) is 8.92 Å². The van der Waals surface area contributed by atoms with Gasteiger partial charge in [-0.05, 0) is 26.2 Å². The first-order chi connectivity index (χ1) is 10.2. The first kappa shape index (κ1) is 15.7. The third-order valence-electron chi connectivity index (χ3n) is 5.23. The van der Waals surface area contributed by atoms with E-state index in [1.54, 1.807) is 4.90 Å². The maximum Gasteiger partial charge on any atom is 0.309 e. The monoisotopic (exact) mass is 331 g/mol. The van der Waals surface area contributed by atoms with Crippen molar-refractivity contribution in [1.82, 2.24) is 4.90 Å². The van der Waals surface area contributed by atoms with Gasteiger partial charge < -0.3 is 9.64 Å². The Morgan fingerprint density at radius 1 is 1.32 bits per heavy atom. The fraction of sp³-hybridized carbons (Fsp3) is 0.857. The zero-order valence-electron chi connectivity index (χ0n) is 13.1. The number of amides is 1. The summed E-state index contributed by atoms with van der Waals surface area (Å²) in [6.45, 7) is 3.78. The smallest absolute Gasteiger partial charge is 0.309 e. The molecule has 7 nitrogen and oxygen atoms in total. The Morgan fingerprint density at radius 2 is 1.95 bits per heavy atom. The predicted octanol–water partition coefficient (Wildman–Crippen LogP) is 0.00550. The maximum atomic E-state index is 12.7. The molecule has 6 unspecified atom stereocenters.